The number of methoxy groups -OCH3 is 3. The van der Waals surface area contributed by atoms with E-state index >= 15 is 0 Å². The molecule has 1 N–H and O–H groups in total. The van der Waals surface area contributed by atoms with Crippen LogP contribution in [-0.4, -0.2) is 33.3 Å². The Morgan fingerprint density at radius 2 is 2.04 bits per heavy atom. The minimum Gasteiger partial charge on any atom is -0.493 e. The quantitative estimate of drug-likeness (QED) is 0.786. The second kappa shape index (κ2) is 6.77. The summed E-state index contributed by atoms with van der Waals surface area (Å²) in [5.74, 6) is -0.0823. The van der Waals surface area contributed by atoms with Crippen LogP contribution in [0.1, 0.15) is 49.4 Å². The van der Waals surface area contributed by atoms with Gasteiger partial charge >= 0.3 is 11.9 Å². The van der Waals surface area contributed by atoms with Crippen molar-refractivity contribution in [3.8, 4) is 11.5 Å². The van der Waals surface area contributed by atoms with Crippen molar-refractivity contribution in [1.82, 2.24) is 0 Å². The Bertz CT molecular complexity index is 935. The number of anilines is 1. The summed E-state index contributed by atoms with van der Waals surface area (Å²) in [7, 11) is 4.36. The Kier molecular flexibility index (Phi) is 4.43. The second-order valence-electron chi connectivity index (χ2n) is 6.25. The molecule has 142 valence electrons. The van der Waals surface area contributed by atoms with E-state index in [0.717, 1.165) is 24.8 Å². The lowest BCUT2D eigenvalue weighted by Crippen LogP contribution is -2.13. The number of esters is 2. The molecule has 0 saturated carbocycles. The van der Waals surface area contributed by atoms with Crippen molar-refractivity contribution >= 4 is 28.3 Å². The maximum Gasteiger partial charge on any atom is 0.344 e. The summed E-state index contributed by atoms with van der Waals surface area (Å²) in [6, 6.07) is 3.49. The van der Waals surface area contributed by atoms with E-state index in [1.807, 2.05) is 0 Å². The molecular formula is C19H19NO6S. The fourth-order valence-corrected chi connectivity index (χ4v) is 4.95. The SMILES string of the molecule is COC(=O)c1c(NC2OC(=O)c3c2ccc(OC)c3OC)sc2c1CCC2. The first-order chi connectivity index (χ1) is 13.1. The Morgan fingerprint density at radius 1 is 1.22 bits per heavy atom. The largest absolute Gasteiger partial charge is 0.493 e. The Balaban J connectivity index is 1.73. The van der Waals surface area contributed by atoms with E-state index in [9.17, 15) is 9.59 Å². The Hall–Kier alpha value is -2.74. The van der Waals surface area contributed by atoms with E-state index in [4.69, 9.17) is 18.9 Å². The molecule has 1 atom stereocenters. The number of carbonyl (C=O) groups is 2. The van der Waals surface area contributed by atoms with Gasteiger partial charge in [0.15, 0.2) is 11.5 Å². The molecule has 1 aromatic heterocycles. The number of hydrogen-bond donors (Lipinski definition) is 1. The van der Waals surface area contributed by atoms with Gasteiger partial charge in [-0.2, -0.15) is 0 Å². The molecule has 2 heterocycles. The molecular weight excluding hydrogens is 370 g/mol. The fraction of sp³-hybridized carbons (Fsp3) is 0.368. The van der Waals surface area contributed by atoms with Crippen molar-refractivity contribution in [3.63, 3.8) is 0 Å². The van der Waals surface area contributed by atoms with Crippen molar-refractivity contribution in [2.75, 3.05) is 26.6 Å². The van der Waals surface area contributed by atoms with Gasteiger partial charge in [-0.05, 0) is 37.0 Å². The van der Waals surface area contributed by atoms with E-state index in [-0.39, 0.29) is 5.97 Å². The maximum atomic E-state index is 12.4. The van der Waals surface area contributed by atoms with Crippen molar-refractivity contribution in [1.29, 1.82) is 0 Å². The highest BCUT2D eigenvalue weighted by Crippen LogP contribution is 2.45. The molecule has 0 fully saturated rings. The number of rotatable bonds is 5. The average Bonchev–Trinajstić information content (AvgIpc) is 3.34. The minimum absolute atomic E-state index is 0.332. The van der Waals surface area contributed by atoms with Gasteiger partial charge in [0.25, 0.3) is 0 Å². The molecule has 0 spiro atoms. The maximum absolute atomic E-state index is 12.4. The van der Waals surface area contributed by atoms with Gasteiger partial charge in [-0.3, -0.25) is 0 Å². The molecule has 0 bridgehead atoms. The number of aryl methyl sites for hydroxylation is 1. The molecule has 1 aliphatic carbocycles. The normalized spacial score (nSPS) is 17.1. The van der Waals surface area contributed by atoms with Crippen LogP contribution in [0.15, 0.2) is 12.1 Å². The van der Waals surface area contributed by atoms with Gasteiger partial charge in [-0.25, -0.2) is 9.59 Å². The zero-order chi connectivity index (χ0) is 19.1. The number of fused-ring (bicyclic) bond motifs is 2. The lowest BCUT2D eigenvalue weighted by Gasteiger charge is -2.15. The number of cyclic esters (lactones) is 1. The second-order valence-corrected chi connectivity index (χ2v) is 7.35. The molecule has 1 aromatic carbocycles. The Morgan fingerprint density at radius 3 is 2.74 bits per heavy atom. The first-order valence-corrected chi connectivity index (χ1v) is 9.36. The third kappa shape index (κ3) is 2.71. The number of hydrogen-bond acceptors (Lipinski definition) is 8. The summed E-state index contributed by atoms with van der Waals surface area (Å²) in [6.07, 6.45) is 2.11. The number of nitrogens with one attached hydrogen (secondary N) is 1. The first-order valence-electron chi connectivity index (χ1n) is 8.54. The van der Waals surface area contributed by atoms with Crippen molar-refractivity contribution < 1.29 is 28.5 Å². The number of thiophene rings is 1. The van der Waals surface area contributed by atoms with Crippen LogP contribution in [0.3, 0.4) is 0 Å². The summed E-state index contributed by atoms with van der Waals surface area (Å²) >= 11 is 1.51. The van der Waals surface area contributed by atoms with Gasteiger partial charge in [0.2, 0.25) is 6.23 Å². The standard InChI is InChI=1S/C19H19NO6S/c1-23-11-8-7-10-13(15(11)24-2)19(22)26-16(10)20-17-14(18(21)25-3)9-5-4-6-12(9)27-17/h7-8,16,20H,4-6H2,1-3H3. The molecule has 0 radical (unpaired) electrons. The van der Waals surface area contributed by atoms with Crippen LogP contribution in [0.4, 0.5) is 5.00 Å². The van der Waals surface area contributed by atoms with Crippen LogP contribution >= 0.6 is 11.3 Å². The van der Waals surface area contributed by atoms with Gasteiger partial charge in [0, 0.05) is 10.4 Å². The highest BCUT2D eigenvalue weighted by Gasteiger charge is 2.37. The van der Waals surface area contributed by atoms with Crippen LogP contribution in [0.2, 0.25) is 0 Å². The molecule has 0 amide bonds. The van der Waals surface area contributed by atoms with Gasteiger partial charge in [0.05, 0.1) is 26.9 Å². The van der Waals surface area contributed by atoms with Gasteiger partial charge in [0.1, 0.15) is 10.6 Å². The molecule has 8 heteroatoms. The van der Waals surface area contributed by atoms with Crippen molar-refractivity contribution in [2.24, 2.45) is 0 Å². The van der Waals surface area contributed by atoms with Gasteiger partial charge in [-0.1, -0.05) is 0 Å². The van der Waals surface area contributed by atoms with Crippen LogP contribution in [0.5, 0.6) is 11.5 Å². The predicted octanol–water partition coefficient (Wildman–Crippen LogP) is 3.32. The summed E-state index contributed by atoms with van der Waals surface area (Å²) in [5.41, 5.74) is 2.55. The van der Waals surface area contributed by atoms with Crippen LogP contribution < -0.4 is 14.8 Å². The molecule has 4 rings (SSSR count). The Labute approximate surface area is 160 Å². The number of benzene rings is 1. The minimum atomic E-state index is -0.713. The number of carbonyl (C=O) groups excluding carboxylic acids is 2. The highest BCUT2D eigenvalue weighted by atomic mass is 32.1. The predicted molar refractivity (Wildman–Crippen MR) is 99.0 cm³/mol. The van der Waals surface area contributed by atoms with E-state index in [1.54, 1.807) is 12.1 Å². The molecule has 2 aromatic rings. The lowest BCUT2D eigenvalue weighted by atomic mass is 10.1. The third-order valence-electron chi connectivity index (χ3n) is 4.86. The lowest BCUT2D eigenvalue weighted by molar-refractivity contribution is 0.0435. The van der Waals surface area contributed by atoms with E-state index < -0.39 is 12.2 Å². The summed E-state index contributed by atoms with van der Waals surface area (Å²) in [4.78, 5) is 25.9. The smallest absolute Gasteiger partial charge is 0.344 e. The third-order valence-corrected chi connectivity index (χ3v) is 6.09. The van der Waals surface area contributed by atoms with E-state index in [1.165, 1.54) is 37.5 Å². The summed E-state index contributed by atoms with van der Waals surface area (Å²) < 4.78 is 21.1. The molecule has 27 heavy (non-hydrogen) atoms. The van der Waals surface area contributed by atoms with Gasteiger partial charge in [-0.15, -0.1) is 11.3 Å². The fourth-order valence-electron chi connectivity index (χ4n) is 3.65. The van der Waals surface area contributed by atoms with Crippen LogP contribution in [0, 0.1) is 0 Å². The zero-order valence-electron chi connectivity index (χ0n) is 15.2. The van der Waals surface area contributed by atoms with Crippen molar-refractivity contribution in [2.45, 2.75) is 25.5 Å². The molecule has 2 aliphatic rings. The topological polar surface area (TPSA) is 83.1 Å². The number of ether oxygens (including phenoxy) is 4. The van der Waals surface area contributed by atoms with Crippen LogP contribution in [-0.2, 0) is 22.3 Å². The average molecular weight is 389 g/mol. The molecule has 7 nitrogen and oxygen atoms in total. The summed E-state index contributed by atoms with van der Waals surface area (Å²) in [5, 5.41) is 3.87. The highest BCUT2D eigenvalue weighted by molar-refractivity contribution is 7.16. The summed E-state index contributed by atoms with van der Waals surface area (Å²) in [6.45, 7) is 0. The van der Waals surface area contributed by atoms with Crippen molar-refractivity contribution in [3.05, 3.63) is 39.3 Å². The molecule has 1 aliphatic heterocycles. The molecule has 0 saturated heterocycles. The monoisotopic (exact) mass is 389 g/mol. The first kappa shape index (κ1) is 17.7. The van der Waals surface area contributed by atoms with E-state index in [0.29, 0.717) is 33.2 Å². The van der Waals surface area contributed by atoms with Crippen LogP contribution in [0.25, 0.3) is 0 Å². The van der Waals surface area contributed by atoms with Gasteiger partial charge < -0.3 is 24.3 Å². The van der Waals surface area contributed by atoms with E-state index in [2.05, 4.69) is 5.32 Å². The zero-order valence-corrected chi connectivity index (χ0v) is 16.0. The molecule has 1 unspecified atom stereocenters.